The van der Waals surface area contributed by atoms with Crippen molar-refractivity contribution in [3.8, 4) is 0 Å². The maximum absolute atomic E-state index is 5.92. The van der Waals surface area contributed by atoms with Gasteiger partial charge in [-0.1, -0.05) is 41.9 Å². The lowest BCUT2D eigenvalue weighted by Crippen LogP contribution is -2.31. The van der Waals surface area contributed by atoms with Crippen LogP contribution in [0.2, 0.25) is 5.02 Å². The standard InChI is InChI=1S/C21H22ClN7/c22-17-11-9-16(10-12-17)15-23-28-20-25-19(24-18-7-3-1-4-8-18)26-21(27-20)29-13-5-2-6-14-29/h1,3-4,7-12,15H,2,5-6,13-14H2,(H2,24,25,26,27,28)/b23-15-. The van der Waals surface area contributed by atoms with E-state index in [9.17, 15) is 0 Å². The lowest BCUT2D eigenvalue weighted by molar-refractivity contribution is 0.568. The van der Waals surface area contributed by atoms with E-state index in [1.807, 2.05) is 54.6 Å². The highest BCUT2D eigenvalue weighted by Crippen LogP contribution is 2.20. The van der Waals surface area contributed by atoms with Crippen molar-refractivity contribution in [3.63, 3.8) is 0 Å². The molecule has 2 N–H and O–H groups in total. The maximum atomic E-state index is 5.92. The predicted octanol–water partition coefficient (Wildman–Crippen LogP) is 4.70. The molecule has 0 radical (unpaired) electrons. The highest BCUT2D eigenvalue weighted by Gasteiger charge is 2.16. The number of halogens is 1. The molecule has 1 fully saturated rings. The number of nitrogens with zero attached hydrogens (tertiary/aromatic N) is 5. The van der Waals surface area contributed by atoms with Gasteiger partial charge in [-0.05, 0) is 49.1 Å². The molecule has 0 unspecified atom stereocenters. The van der Waals surface area contributed by atoms with Crippen molar-refractivity contribution in [3.05, 3.63) is 65.2 Å². The third kappa shape index (κ3) is 5.42. The van der Waals surface area contributed by atoms with E-state index in [2.05, 4.69) is 35.7 Å². The fraction of sp³-hybridized carbons (Fsp3) is 0.238. The molecule has 2 heterocycles. The van der Waals surface area contributed by atoms with Crippen LogP contribution in [-0.2, 0) is 0 Å². The number of hydrogen-bond acceptors (Lipinski definition) is 7. The smallest absolute Gasteiger partial charge is 0.250 e. The molecular formula is C21H22ClN7. The highest BCUT2D eigenvalue weighted by molar-refractivity contribution is 6.30. The van der Waals surface area contributed by atoms with Gasteiger partial charge in [0.2, 0.25) is 17.8 Å². The van der Waals surface area contributed by atoms with E-state index in [0.29, 0.717) is 22.9 Å². The van der Waals surface area contributed by atoms with E-state index >= 15 is 0 Å². The number of piperidine rings is 1. The Kier molecular flexibility index (Phi) is 6.16. The van der Waals surface area contributed by atoms with Gasteiger partial charge in [0.15, 0.2) is 0 Å². The van der Waals surface area contributed by atoms with E-state index < -0.39 is 0 Å². The van der Waals surface area contributed by atoms with Gasteiger partial charge in [0, 0.05) is 23.8 Å². The van der Waals surface area contributed by atoms with Crippen molar-refractivity contribution in [1.82, 2.24) is 15.0 Å². The average molecular weight is 408 g/mol. The summed E-state index contributed by atoms with van der Waals surface area (Å²) in [6, 6.07) is 17.3. The average Bonchev–Trinajstić information content (AvgIpc) is 2.76. The molecule has 0 aliphatic carbocycles. The summed E-state index contributed by atoms with van der Waals surface area (Å²) in [5.74, 6) is 1.53. The zero-order valence-corrected chi connectivity index (χ0v) is 16.7. The number of anilines is 4. The van der Waals surface area contributed by atoms with E-state index in [-0.39, 0.29) is 0 Å². The molecule has 4 rings (SSSR count). The largest absolute Gasteiger partial charge is 0.341 e. The summed E-state index contributed by atoms with van der Waals surface area (Å²) in [5.41, 5.74) is 4.76. The van der Waals surface area contributed by atoms with Crippen LogP contribution in [-0.4, -0.2) is 34.3 Å². The first-order valence-electron chi connectivity index (χ1n) is 9.64. The number of nitrogens with one attached hydrogen (secondary N) is 2. The second kappa shape index (κ2) is 9.34. The van der Waals surface area contributed by atoms with Gasteiger partial charge in [-0.3, -0.25) is 0 Å². The molecule has 148 valence electrons. The molecule has 2 aromatic carbocycles. The Morgan fingerprint density at radius 3 is 2.34 bits per heavy atom. The van der Waals surface area contributed by atoms with Crippen LogP contribution in [0, 0.1) is 0 Å². The number of aromatic nitrogens is 3. The Balaban J connectivity index is 1.55. The first-order chi connectivity index (χ1) is 14.3. The van der Waals surface area contributed by atoms with Crippen molar-refractivity contribution >= 4 is 41.3 Å². The predicted molar refractivity (Wildman–Crippen MR) is 118 cm³/mol. The fourth-order valence-electron chi connectivity index (χ4n) is 3.07. The summed E-state index contributed by atoms with van der Waals surface area (Å²) in [5, 5.41) is 8.19. The van der Waals surface area contributed by atoms with Gasteiger partial charge < -0.3 is 10.2 Å². The number of benzene rings is 2. The molecule has 1 aliphatic heterocycles. The quantitative estimate of drug-likeness (QED) is 0.455. The van der Waals surface area contributed by atoms with Crippen molar-refractivity contribution in [2.45, 2.75) is 19.3 Å². The van der Waals surface area contributed by atoms with Crippen LogP contribution in [0.5, 0.6) is 0 Å². The van der Waals surface area contributed by atoms with E-state index in [0.717, 1.165) is 37.2 Å². The summed E-state index contributed by atoms with van der Waals surface area (Å²) >= 11 is 5.92. The van der Waals surface area contributed by atoms with Gasteiger partial charge in [0.05, 0.1) is 6.21 Å². The van der Waals surface area contributed by atoms with E-state index in [1.165, 1.54) is 6.42 Å². The Labute approximate surface area is 174 Å². The summed E-state index contributed by atoms with van der Waals surface area (Å²) in [4.78, 5) is 15.8. The van der Waals surface area contributed by atoms with Gasteiger partial charge in [-0.15, -0.1) is 0 Å². The summed E-state index contributed by atoms with van der Waals surface area (Å²) in [6.07, 6.45) is 5.23. The second-order valence-electron chi connectivity index (χ2n) is 6.74. The topological polar surface area (TPSA) is 78.3 Å². The van der Waals surface area contributed by atoms with Gasteiger partial charge >= 0.3 is 0 Å². The van der Waals surface area contributed by atoms with Crippen LogP contribution in [0.3, 0.4) is 0 Å². The van der Waals surface area contributed by atoms with Crippen LogP contribution < -0.4 is 15.6 Å². The Hall–Kier alpha value is -3.19. The van der Waals surface area contributed by atoms with E-state index in [1.54, 1.807) is 6.21 Å². The zero-order chi connectivity index (χ0) is 19.9. The minimum Gasteiger partial charge on any atom is -0.341 e. The Morgan fingerprint density at radius 1 is 0.862 bits per heavy atom. The summed E-state index contributed by atoms with van der Waals surface area (Å²) < 4.78 is 0. The van der Waals surface area contributed by atoms with E-state index in [4.69, 9.17) is 11.6 Å². The number of hydrazone groups is 1. The molecule has 0 spiro atoms. The van der Waals surface area contributed by atoms with Crippen molar-refractivity contribution in [2.75, 3.05) is 28.7 Å². The lowest BCUT2D eigenvalue weighted by atomic mass is 10.1. The fourth-order valence-corrected chi connectivity index (χ4v) is 3.20. The third-order valence-electron chi connectivity index (χ3n) is 4.54. The molecule has 0 saturated carbocycles. The minimum absolute atomic E-state index is 0.393. The first-order valence-corrected chi connectivity index (χ1v) is 10.0. The SMILES string of the molecule is Clc1ccc(/C=N\Nc2nc(Nc3ccccc3)nc(N3CCCCC3)n2)cc1. The minimum atomic E-state index is 0.393. The molecule has 8 heteroatoms. The molecule has 1 aromatic heterocycles. The normalized spacial score (nSPS) is 14.2. The summed E-state index contributed by atoms with van der Waals surface area (Å²) in [7, 11) is 0. The number of rotatable bonds is 6. The first kappa shape index (κ1) is 19.1. The monoisotopic (exact) mass is 407 g/mol. The Bertz CT molecular complexity index is 955. The molecule has 1 saturated heterocycles. The van der Waals surface area contributed by atoms with Crippen molar-refractivity contribution in [2.24, 2.45) is 5.10 Å². The number of para-hydroxylation sites is 1. The molecule has 0 atom stereocenters. The maximum Gasteiger partial charge on any atom is 0.250 e. The molecule has 29 heavy (non-hydrogen) atoms. The van der Waals surface area contributed by atoms with Gasteiger partial charge in [-0.25, -0.2) is 5.43 Å². The zero-order valence-electron chi connectivity index (χ0n) is 15.9. The van der Waals surface area contributed by atoms with Crippen LogP contribution in [0.15, 0.2) is 59.7 Å². The molecule has 7 nitrogen and oxygen atoms in total. The highest BCUT2D eigenvalue weighted by atomic mass is 35.5. The van der Waals surface area contributed by atoms with Crippen molar-refractivity contribution in [1.29, 1.82) is 0 Å². The van der Waals surface area contributed by atoms with Crippen LogP contribution >= 0.6 is 11.6 Å². The molecule has 0 amide bonds. The lowest BCUT2D eigenvalue weighted by Gasteiger charge is -2.26. The molecule has 1 aliphatic rings. The van der Waals surface area contributed by atoms with Crippen molar-refractivity contribution < 1.29 is 0 Å². The van der Waals surface area contributed by atoms with Gasteiger partial charge in [0.25, 0.3) is 0 Å². The summed E-state index contributed by atoms with van der Waals surface area (Å²) in [6.45, 7) is 1.89. The molecular weight excluding hydrogens is 386 g/mol. The van der Waals surface area contributed by atoms with Crippen LogP contribution in [0.4, 0.5) is 23.5 Å². The molecule has 0 bridgehead atoms. The number of hydrogen-bond donors (Lipinski definition) is 2. The van der Waals surface area contributed by atoms with Crippen LogP contribution in [0.25, 0.3) is 0 Å². The van der Waals surface area contributed by atoms with Gasteiger partial charge in [-0.2, -0.15) is 20.1 Å². The van der Waals surface area contributed by atoms with Crippen LogP contribution in [0.1, 0.15) is 24.8 Å². The second-order valence-corrected chi connectivity index (χ2v) is 7.18. The third-order valence-corrected chi connectivity index (χ3v) is 4.79. The molecule has 3 aromatic rings. The van der Waals surface area contributed by atoms with Gasteiger partial charge in [0.1, 0.15) is 0 Å². The Morgan fingerprint density at radius 2 is 1.59 bits per heavy atom.